The van der Waals surface area contributed by atoms with E-state index in [4.69, 9.17) is 9.52 Å². The first-order valence-corrected chi connectivity index (χ1v) is 5.48. The van der Waals surface area contributed by atoms with Crippen LogP contribution in [0.5, 0.6) is 0 Å². The number of carbonyl (C=O) groups excluding carboxylic acids is 2. The maximum absolute atomic E-state index is 11.7. The van der Waals surface area contributed by atoms with Gasteiger partial charge in [-0.05, 0) is 12.8 Å². The Labute approximate surface area is 102 Å². The van der Waals surface area contributed by atoms with Crippen molar-refractivity contribution in [1.29, 1.82) is 0 Å². The van der Waals surface area contributed by atoms with Gasteiger partial charge in [0.1, 0.15) is 12.3 Å². The molecule has 2 heterocycles. The molecule has 1 saturated heterocycles. The summed E-state index contributed by atoms with van der Waals surface area (Å²) >= 11 is 0. The van der Waals surface area contributed by atoms with Crippen LogP contribution in [-0.2, 0) is 4.79 Å². The molecule has 7 heteroatoms. The maximum Gasteiger partial charge on any atom is 0.338 e. The van der Waals surface area contributed by atoms with E-state index in [9.17, 15) is 14.4 Å². The van der Waals surface area contributed by atoms with Gasteiger partial charge in [0.25, 0.3) is 5.91 Å². The van der Waals surface area contributed by atoms with Gasteiger partial charge >= 0.3 is 5.97 Å². The molecule has 96 valence electrons. The van der Waals surface area contributed by atoms with Gasteiger partial charge < -0.3 is 20.2 Å². The van der Waals surface area contributed by atoms with Crippen molar-refractivity contribution >= 4 is 17.8 Å². The minimum atomic E-state index is -1.17. The Bertz CT molecular complexity index is 493. The van der Waals surface area contributed by atoms with Crippen molar-refractivity contribution < 1.29 is 23.9 Å². The molecule has 7 nitrogen and oxygen atoms in total. The predicted octanol–water partition coefficient (Wildman–Crippen LogP) is -0.0138. The number of hydrogen-bond acceptors (Lipinski definition) is 4. The fraction of sp³-hybridized carbons (Fsp3) is 0.364. The highest BCUT2D eigenvalue weighted by atomic mass is 16.4. The number of rotatable bonds is 3. The topological polar surface area (TPSA) is 109 Å². The van der Waals surface area contributed by atoms with Gasteiger partial charge in [0.05, 0.1) is 5.56 Å². The van der Waals surface area contributed by atoms with Gasteiger partial charge in [-0.15, -0.1) is 0 Å². The van der Waals surface area contributed by atoms with E-state index in [1.54, 1.807) is 0 Å². The van der Waals surface area contributed by atoms with Gasteiger partial charge in [-0.25, -0.2) is 4.79 Å². The molecule has 0 aromatic carbocycles. The normalized spacial score (nSPS) is 19.1. The van der Waals surface area contributed by atoms with E-state index >= 15 is 0 Å². The molecule has 1 aliphatic rings. The van der Waals surface area contributed by atoms with Gasteiger partial charge in [0, 0.05) is 12.6 Å². The monoisotopic (exact) mass is 252 g/mol. The van der Waals surface area contributed by atoms with Crippen molar-refractivity contribution in [2.45, 2.75) is 18.9 Å². The van der Waals surface area contributed by atoms with E-state index in [0.29, 0.717) is 13.0 Å². The van der Waals surface area contributed by atoms with E-state index in [-0.39, 0.29) is 17.2 Å². The minimum Gasteiger partial charge on any atom is -0.478 e. The van der Waals surface area contributed by atoms with Crippen molar-refractivity contribution in [2.75, 3.05) is 6.54 Å². The fourth-order valence-corrected chi connectivity index (χ4v) is 1.71. The zero-order chi connectivity index (χ0) is 13.1. The Kier molecular flexibility index (Phi) is 3.31. The molecule has 1 atom stereocenters. The predicted molar refractivity (Wildman–Crippen MR) is 59.2 cm³/mol. The molecular weight excluding hydrogens is 240 g/mol. The summed E-state index contributed by atoms with van der Waals surface area (Å²) in [5.74, 6) is -2.12. The lowest BCUT2D eigenvalue weighted by molar-refractivity contribution is -0.124. The van der Waals surface area contributed by atoms with Crippen molar-refractivity contribution in [3.63, 3.8) is 0 Å². The second-order valence-electron chi connectivity index (χ2n) is 3.96. The van der Waals surface area contributed by atoms with Crippen LogP contribution in [0.3, 0.4) is 0 Å². The number of amides is 2. The molecule has 0 aliphatic carbocycles. The van der Waals surface area contributed by atoms with E-state index in [2.05, 4.69) is 10.6 Å². The van der Waals surface area contributed by atoms with Crippen LogP contribution in [0.15, 0.2) is 16.7 Å². The highest BCUT2D eigenvalue weighted by Gasteiger charge is 2.25. The second kappa shape index (κ2) is 4.91. The number of carboxylic acids is 1. The molecule has 18 heavy (non-hydrogen) atoms. The van der Waals surface area contributed by atoms with Crippen LogP contribution in [0.25, 0.3) is 0 Å². The highest BCUT2D eigenvalue weighted by molar-refractivity contribution is 5.98. The lowest BCUT2D eigenvalue weighted by Gasteiger charge is -2.22. The molecule has 1 fully saturated rings. The van der Waals surface area contributed by atoms with Crippen molar-refractivity contribution in [1.82, 2.24) is 10.6 Å². The van der Waals surface area contributed by atoms with Crippen LogP contribution >= 0.6 is 0 Å². The summed E-state index contributed by atoms with van der Waals surface area (Å²) in [5.41, 5.74) is -0.103. The fourth-order valence-electron chi connectivity index (χ4n) is 1.71. The summed E-state index contributed by atoms with van der Waals surface area (Å²) < 4.78 is 4.84. The molecule has 1 aliphatic heterocycles. The van der Waals surface area contributed by atoms with E-state index in [0.717, 1.165) is 18.8 Å². The average molecular weight is 252 g/mol. The Morgan fingerprint density at radius 3 is 2.89 bits per heavy atom. The summed E-state index contributed by atoms with van der Waals surface area (Å²) in [4.78, 5) is 33.8. The van der Waals surface area contributed by atoms with Crippen LogP contribution in [-0.4, -0.2) is 35.5 Å². The first-order chi connectivity index (χ1) is 8.58. The molecule has 1 aromatic heterocycles. The third-order valence-corrected chi connectivity index (χ3v) is 2.66. The molecule has 0 spiro atoms. The lowest BCUT2D eigenvalue weighted by atomic mass is 10.1. The molecule has 1 unspecified atom stereocenters. The minimum absolute atomic E-state index is 0.103. The molecule has 0 radical (unpaired) electrons. The first-order valence-electron chi connectivity index (χ1n) is 5.48. The van der Waals surface area contributed by atoms with E-state index in [1.807, 2.05) is 0 Å². The third-order valence-electron chi connectivity index (χ3n) is 2.66. The summed E-state index contributed by atoms with van der Waals surface area (Å²) in [5, 5.41) is 13.8. The van der Waals surface area contributed by atoms with Crippen molar-refractivity contribution in [3.05, 3.63) is 23.7 Å². The van der Waals surface area contributed by atoms with Gasteiger partial charge in [0.15, 0.2) is 5.76 Å². The maximum atomic E-state index is 11.7. The smallest absolute Gasteiger partial charge is 0.338 e. The molecule has 3 N–H and O–H groups in total. The third kappa shape index (κ3) is 2.50. The molecule has 1 aromatic rings. The largest absolute Gasteiger partial charge is 0.478 e. The van der Waals surface area contributed by atoms with Crippen molar-refractivity contribution in [3.8, 4) is 0 Å². The number of hydrogen-bond donors (Lipinski definition) is 3. The van der Waals surface area contributed by atoms with Gasteiger partial charge in [0.2, 0.25) is 5.91 Å². The van der Waals surface area contributed by atoms with Crippen LogP contribution in [0, 0.1) is 0 Å². The van der Waals surface area contributed by atoms with Crippen LogP contribution in [0.4, 0.5) is 0 Å². The Balaban J connectivity index is 2.02. The summed E-state index contributed by atoms with van der Waals surface area (Å²) in [6, 6.07) is 0.530. The van der Waals surface area contributed by atoms with Crippen LogP contribution in [0.1, 0.15) is 33.8 Å². The standard InChI is InChI=1S/C11H12N2O5/c14-9-7(2-1-3-12-9)13-10(15)8-4-6(5-18-8)11(16)17/h4-5,7H,1-3H2,(H,12,14)(H,13,15)(H,16,17). The van der Waals surface area contributed by atoms with Gasteiger partial charge in [-0.1, -0.05) is 0 Å². The van der Waals surface area contributed by atoms with E-state index < -0.39 is 17.9 Å². The lowest BCUT2D eigenvalue weighted by Crippen LogP contribution is -2.50. The zero-order valence-corrected chi connectivity index (χ0v) is 9.43. The first kappa shape index (κ1) is 12.2. The highest BCUT2D eigenvalue weighted by Crippen LogP contribution is 2.09. The number of nitrogens with one attached hydrogen (secondary N) is 2. The van der Waals surface area contributed by atoms with Gasteiger partial charge in [-0.3, -0.25) is 9.59 Å². The van der Waals surface area contributed by atoms with Crippen LogP contribution in [0.2, 0.25) is 0 Å². The zero-order valence-electron chi connectivity index (χ0n) is 9.43. The quantitative estimate of drug-likeness (QED) is 0.700. The number of aromatic carboxylic acids is 1. The number of piperidine rings is 1. The number of furan rings is 1. The molecule has 0 saturated carbocycles. The second-order valence-corrected chi connectivity index (χ2v) is 3.96. The molecule has 2 rings (SSSR count). The van der Waals surface area contributed by atoms with Gasteiger partial charge in [-0.2, -0.15) is 0 Å². The Morgan fingerprint density at radius 2 is 2.28 bits per heavy atom. The number of carbonyl (C=O) groups is 3. The average Bonchev–Trinajstić information content (AvgIpc) is 2.81. The van der Waals surface area contributed by atoms with Crippen LogP contribution < -0.4 is 10.6 Å². The summed E-state index contributed by atoms with van der Waals surface area (Å²) in [6.45, 7) is 0.606. The number of carboxylic acid groups (broad SMARTS) is 1. The van der Waals surface area contributed by atoms with E-state index in [1.165, 1.54) is 0 Å². The molecular formula is C11H12N2O5. The van der Waals surface area contributed by atoms with Crippen molar-refractivity contribution in [2.24, 2.45) is 0 Å². The summed E-state index contributed by atoms with van der Waals surface area (Å²) in [7, 11) is 0. The summed E-state index contributed by atoms with van der Waals surface area (Å²) in [6.07, 6.45) is 2.33. The Morgan fingerprint density at radius 1 is 1.50 bits per heavy atom. The molecule has 0 bridgehead atoms. The Hall–Kier alpha value is -2.31. The SMILES string of the molecule is O=C(O)c1coc(C(=O)NC2CCCNC2=O)c1. The molecule has 2 amide bonds.